The number of H-pyrrole nitrogens is 2. The van der Waals surface area contributed by atoms with Crippen molar-refractivity contribution in [1.82, 2.24) is 9.97 Å². The molecule has 4 N–H and O–H groups in total. The van der Waals surface area contributed by atoms with Gasteiger partial charge in [0.2, 0.25) is 0 Å². The fourth-order valence-corrected chi connectivity index (χ4v) is 7.61. The molecule has 0 amide bonds. The highest BCUT2D eigenvalue weighted by Gasteiger charge is 2.57. The van der Waals surface area contributed by atoms with Crippen LogP contribution in [0.5, 0.6) is 5.75 Å². The average Bonchev–Trinajstić information content (AvgIpc) is 3.72. The Hall–Kier alpha value is -5.02. The van der Waals surface area contributed by atoms with Gasteiger partial charge in [-0.1, -0.05) is 88.4 Å². The number of alkyl halides is 9. The fourth-order valence-electron chi connectivity index (χ4n) is 7.61. The van der Waals surface area contributed by atoms with E-state index in [-0.39, 0.29) is 22.7 Å². The van der Waals surface area contributed by atoms with Gasteiger partial charge in [0.15, 0.2) is 11.2 Å². The van der Waals surface area contributed by atoms with Gasteiger partial charge < -0.3 is 24.9 Å². The first-order valence-electron chi connectivity index (χ1n) is 18.4. The SMILES string of the molecule is CC(C)(CC(O)(Cc1cc2ccccc2[nH]1)C(F)(F)F)c1cccc(C(F)(F)F)c1.COc1cc(F)ccc1C(C)(C)CC(O)(Cc1cc2ccccc2[nH]1)C(F)(F)F. The zero-order valence-corrected chi connectivity index (χ0v) is 32.7. The van der Waals surface area contributed by atoms with Crippen LogP contribution in [0.3, 0.4) is 0 Å². The predicted octanol–water partition coefficient (Wildman–Crippen LogP) is 11.9. The minimum absolute atomic E-state index is 0.0663. The molecule has 2 atom stereocenters. The summed E-state index contributed by atoms with van der Waals surface area (Å²) in [4.78, 5) is 5.81. The van der Waals surface area contributed by atoms with Crippen LogP contribution in [0, 0.1) is 5.82 Å². The van der Waals surface area contributed by atoms with E-state index in [1.54, 1.807) is 68.4 Å². The second-order valence-electron chi connectivity index (χ2n) is 16.2. The second-order valence-corrected chi connectivity index (χ2v) is 16.2. The van der Waals surface area contributed by atoms with Crippen LogP contribution in [0.1, 0.15) is 68.6 Å². The van der Waals surface area contributed by atoms with Crippen LogP contribution in [-0.4, -0.2) is 50.8 Å². The van der Waals surface area contributed by atoms with Gasteiger partial charge in [-0.3, -0.25) is 0 Å². The monoisotopic (exact) mass is 838 g/mol. The van der Waals surface area contributed by atoms with Crippen molar-refractivity contribution < 1.29 is 58.9 Å². The number of methoxy groups -OCH3 is 1. The van der Waals surface area contributed by atoms with Crippen molar-refractivity contribution in [3.8, 4) is 5.75 Å². The first kappa shape index (κ1) is 45.1. The van der Waals surface area contributed by atoms with Crippen molar-refractivity contribution >= 4 is 21.8 Å². The van der Waals surface area contributed by atoms with Gasteiger partial charge in [0.05, 0.1) is 12.7 Å². The molecule has 2 unspecified atom stereocenters. The first-order chi connectivity index (χ1) is 27.2. The summed E-state index contributed by atoms with van der Waals surface area (Å²) in [5.74, 6) is -0.407. The zero-order valence-electron chi connectivity index (χ0n) is 32.7. The summed E-state index contributed by atoms with van der Waals surface area (Å²) in [6.07, 6.45) is -17.3. The number of nitrogens with one attached hydrogen (secondary N) is 2. The van der Waals surface area contributed by atoms with Gasteiger partial charge in [-0.25, -0.2) is 4.39 Å². The van der Waals surface area contributed by atoms with Gasteiger partial charge in [-0.2, -0.15) is 39.5 Å². The van der Waals surface area contributed by atoms with E-state index in [0.717, 1.165) is 29.7 Å². The van der Waals surface area contributed by atoms with Crippen molar-refractivity contribution in [3.05, 3.63) is 137 Å². The van der Waals surface area contributed by atoms with E-state index in [1.165, 1.54) is 45.2 Å². The van der Waals surface area contributed by atoms with Gasteiger partial charge in [0, 0.05) is 46.9 Å². The molecule has 0 aliphatic heterocycles. The van der Waals surface area contributed by atoms with Gasteiger partial charge in [0.1, 0.15) is 11.6 Å². The van der Waals surface area contributed by atoms with Crippen LogP contribution >= 0.6 is 0 Å². The molecule has 0 bridgehead atoms. The Morgan fingerprint density at radius 2 is 1.00 bits per heavy atom. The first-order valence-corrected chi connectivity index (χ1v) is 18.4. The molecule has 0 saturated heterocycles. The summed E-state index contributed by atoms with van der Waals surface area (Å²) in [7, 11) is 1.33. The standard InChI is InChI=1S/C22H21F6NO.C22H23F4NO2/c1-19(2,15-7-5-8-16(11-15)21(23,24)25)13-20(30,22(26,27)28)12-17-10-14-6-3-4-9-18(14)29-17;1-20(2,17-9-8-15(23)11-19(17)29-3)13-21(28,22(24,25)26)12-16-10-14-6-4-5-7-18(14)27-16/h3-11,29-30H,12-13H2,1-2H3;4-11,27-28H,12-13H2,1-3H3. The molecule has 4 aromatic carbocycles. The van der Waals surface area contributed by atoms with Gasteiger partial charge in [-0.05, 0) is 76.4 Å². The number of aliphatic hydroxyl groups is 2. The molecular formula is C44H44F10N2O3. The number of para-hydroxylation sites is 2. The van der Waals surface area contributed by atoms with Gasteiger partial charge in [-0.15, -0.1) is 0 Å². The molecule has 0 radical (unpaired) electrons. The number of aromatic nitrogens is 2. The van der Waals surface area contributed by atoms with Crippen molar-refractivity contribution in [1.29, 1.82) is 0 Å². The molecule has 2 heterocycles. The lowest BCUT2D eigenvalue weighted by molar-refractivity contribution is -0.266. The summed E-state index contributed by atoms with van der Waals surface area (Å²) >= 11 is 0. The van der Waals surface area contributed by atoms with Crippen molar-refractivity contribution in [3.63, 3.8) is 0 Å². The van der Waals surface area contributed by atoms with Crippen molar-refractivity contribution in [2.24, 2.45) is 0 Å². The molecule has 0 spiro atoms. The van der Waals surface area contributed by atoms with Crippen molar-refractivity contribution in [2.75, 3.05) is 7.11 Å². The Morgan fingerprint density at radius 1 is 0.542 bits per heavy atom. The quantitative estimate of drug-likeness (QED) is 0.0981. The number of rotatable bonds is 11. The Morgan fingerprint density at radius 3 is 1.44 bits per heavy atom. The molecular weight excluding hydrogens is 794 g/mol. The highest BCUT2D eigenvalue weighted by atomic mass is 19.4. The minimum atomic E-state index is -4.98. The highest BCUT2D eigenvalue weighted by molar-refractivity contribution is 5.81. The molecule has 15 heteroatoms. The molecule has 0 fully saturated rings. The van der Waals surface area contributed by atoms with Gasteiger partial charge >= 0.3 is 18.5 Å². The molecule has 318 valence electrons. The molecule has 2 aromatic heterocycles. The zero-order chi connectivity index (χ0) is 43.8. The van der Waals surface area contributed by atoms with Gasteiger partial charge in [0.25, 0.3) is 0 Å². The Kier molecular flexibility index (Phi) is 12.4. The summed E-state index contributed by atoms with van der Waals surface area (Å²) < 4.78 is 141. The normalized spacial score (nSPS) is 15.1. The van der Waals surface area contributed by atoms with E-state index in [9.17, 15) is 54.1 Å². The van der Waals surface area contributed by atoms with E-state index in [0.29, 0.717) is 22.0 Å². The lowest BCUT2D eigenvalue weighted by atomic mass is 9.73. The predicted molar refractivity (Wildman–Crippen MR) is 206 cm³/mol. The third-order valence-corrected chi connectivity index (χ3v) is 10.5. The number of hydrogen-bond donors (Lipinski definition) is 4. The smallest absolute Gasteiger partial charge is 0.417 e. The largest absolute Gasteiger partial charge is 0.496 e. The Labute approximate surface area is 334 Å². The second kappa shape index (κ2) is 16.2. The third-order valence-electron chi connectivity index (χ3n) is 10.5. The third kappa shape index (κ3) is 10.2. The molecule has 6 rings (SSSR count). The summed E-state index contributed by atoms with van der Waals surface area (Å²) in [6, 6.07) is 25.1. The van der Waals surface area contributed by atoms with Crippen LogP contribution in [0.4, 0.5) is 43.9 Å². The summed E-state index contributed by atoms with van der Waals surface area (Å²) in [5.41, 5.74) is -7.32. The number of halogens is 10. The lowest BCUT2D eigenvalue weighted by Gasteiger charge is -2.38. The van der Waals surface area contributed by atoms with Crippen LogP contribution in [0.25, 0.3) is 21.8 Å². The lowest BCUT2D eigenvalue weighted by Crippen LogP contribution is -2.51. The molecule has 5 nitrogen and oxygen atoms in total. The van der Waals surface area contributed by atoms with E-state index in [4.69, 9.17) is 4.74 Å². The highest BCUT2D eigenvalue weighted by Crippen LogP contribution is 2.46. The van der Waals surface area contributed by atoms with E-state index in [1.807, 2.05) is 0 Å². The van der Waals surface area contributed by atoms with E-state index >= 15 is 0 Å². The molecule has 0 aliphatic carbocycles. The van der Waals surface area contributed by atoms with Crippen LogP contribution in [0.2, 0.25) is 0 Å². The minimum Gasteiger partial charge on any atom is -0.496 e. The Bertz CT molecular complexity index is 2310. The Balaban J connectivity index is 0.000000224. The maximum atomic E-state index is 14.0. The molecule has 0 saturated carbocycles. The van der Waals surface area contributed by atoms with Crippen LogP contribution in [-0.2, 0) is 29.8 Å². The fraction of sp³-hybridized carbons (Fsp3) is 0.364. The number of benzene rings is 4. The van der Waals surface area contributed by atoms with Crippen LogP contribution < -0.4 is 4.74 Å². The molecule has 6 aromatic rings. The van der Waals surface area contributed by atoms with Crippen LogP contribution in [0.15, 0.2) is 103 Å². The number of hydrogen-bond acceptors (Lipinski definition) is 3. The van der Waals surface area contributed by atoms with E-state index < -0.39 is 77.6 Å². The maximum absolute atomic E-state index is 14.0. The molecule has 0 aliphatic rings. The van der Waals surface area contributed by atoms with E-state index in [2.05, 4.69) is 9.97 Å². The average molecular weight is 839 g/mol. The van der Waals surface area contributed by atoms with Crippen molar-refractivity contribution in [2.45, 2.75) is 93.9 Å². The molecule has 59 heavy (non-hydrogen) atoms. The number of aromatic amines is 2. The number of fused-ring (bicyclic) bond motifs is 2. The maximum Gasteiger partial charge on any atom is 0.417 e. The topological polar surface area (TPSA) is 81.3 Å². The summed E-state index contributed by atoms with van der Waals surface area (Å²) in [5, 5.41) is 22.9. The summed E-state index contributed by atoms with van der Waals surface area (Å²) in [6.45, 7) is 5.93. The number of ether oxygens (including phenoxy) is 1.